The first-order valence-corrected chi connectivity index (χ1v) is 8.37. The van der Waals surface area contributed by atoms with E-state index in [2.05, 4.69) is 0 Å². The summed E-state index contributed by atoms with van der Waals surface area (Å²) in [4.78, 5) is 14.6. The van der Waals surface area contributed by atoms with Crippen LogP contribution in [-0.2, 0) is 4.79 Å². The molecule has 0 bridgehead atoms. The summed E-state index contributed by atoms with van der Waals surface area (Å²) < 4.78 is 11.7. The monoisotopic (exact) mass is 325 g/mol. The van der Waals surface area contributed by atoms with Gasteiger partial charge in [0.15, 0.2) is 17.6 Å². The second-order valence-electron chi connectivity index (χ2n) is 6.09. The summed E-state index contributed by atoms with van der Waals surface area (Å²) in [5.74, 6) is 1.50. The van der Waals surface area contributed by atoms with E-state index in [1.165, 1.54) is 0 Å². The molecule has 1 aliphatic heterocycles. The Bertz CT molecular complexity index is 686. The molecule has 3 rings (SSSR count). The molecule has 1 heterocycles. The molecule has 4 nitrogen and oxygen atoms in total. The van der Waals surface area contributed by atoms with Crippen molar-refractivity contribution in [1.82, 2.24) is 4.90 Å². The highest BCUT2D eigenvalue weighted by molar-refractivity contribution is 5.83. The van der Waals surface area contributed by atoms with Crippen molar-refractivity contribution in [1.29, 1.82) is 0 Å². The molecule has 0 saturated carbocycles. The third-order valence-electron chi connectivity index (χ3n) is 4.33. The van der Waals surface area contributed by atoms with E-state index in [1.807, 2.05) is 68.6 Å². The minimum Gasteiger partial charge on any atom is -0.486 e. The second kappa shape index (κ2) is 7.39. The van der Waals surface area contributed by atoms with Gasteiger partial charge in [-0.25, -0.2) is 0 Å². The Labute approximate surface area is 143 Å². The standard InChI is InChI=1S/C20H23NO3/c1-3-17(15-9-5-4-6-10-15)20(22)21(2)13-16-14-23-18-11-7-8-12-19(18)24-16/h4-12,16-17H,3,13-14H2,1-2H3/t16-,17+/m1/s1. The van der Waals surface area contributed by atoms with Gasteiger partial charge in [-0.2, -0.15) is 0 Å². The average Bonchev–Trinajstić information content (AvgIpc) is 2.63. The summed E-state index contributed by atoms with van der Waals surface area (Å²) in [6.45, 7) is 3.01. The number of hydrogen-bond acceptors (Lipinski definition) is 3. The van der Waals surface area contributed by atoms with E-state index in [-0.39, 0.29) is 17.9 Å². The molecule has 0 aliphatic carbocycles. The van der Waals surface area contributed by atoms with E-state index in [0.717, 1.165) is 23.5 Å². The van der Waals surface area contributed by atoms with Crippen LogP contribution in [0.5, 0.6) is 11.5 Å². The van der Waals surface area contributed by atoms with Crippen LogP contribution in [0, 0.1) is 0 Å². The molecule has 126 valence electrons. The summed E-state index contributed by atoms with van der Waals surface area (Å²) in [6, 6.07) is 17.6. The lowest BCUT2D eigenvalue weighted by Gasteiger charge is -2.31. The molecule has 1 aliphatic rings. The van der Waals surface area contributed by atoms with Crippen molar-refractivity contribution in [3.63, 3.8) is 0 Å². The quantitative estimate of drug-likeness (QED) is 0.845. The van der Waals surface area contributed by atoms with Crippen molar-refractivity contribution < 1.29 is 14.3 Å². The molecule has 0 aromatic heterocycles. The van der Waals surface area contributed by atoms with Crippen LogP contribution in [0.2, 0.25) is 0 Å². The lowest BCUT2D eigenvalue weighted by Crippen LogP contribution is -2.43. The number of rotatable bonds is 5. The smallest absolute Gasteiger partial charge is 0.229 e. The van der Waals surface area contributed by atoms with Crippen LogP contribution in [-0.4, -0.2) is 37.1 Å². The van der Waals surface area contributed by atoms with Gasteiger partial charge < -0.3 is 14.4 Å². The number of amides is 1. The number of ether oxygens (including phenoxy) is 2. The number of likely N-dealkylation sites (N-methyl/N-ethyl adjacent to an activating group) is 1. The second-order valence-corrected chi connectivity index (χ2v) is 6.09. The van der Waals surface area contributed by atoms with Crippen LogP contribution in [0.15, 0.2) is 54.6 Å². The highest BCUT2D eigenvalue weighted by atomic mass is 16.6. The van der Waals surface area contributed by atoms with Crippen LogP contribution in [0.4, 0.5) is 0 Å². The Morgan fingerprint density at radius 1 is 1.12 bits per heavy atom. The first-order valence-electron chi connectivity index (χ1n) is 8.37. The summed E-state index contributed by atoms with van der Waals surface area (Å²) >= 11 is 0. The summed E-state index contributed by atoms with van der Waals surface area (Å²) in [6.07, 6.45) is 0.625. The molecule has 0 spiro atoms. The number of benzene rings is 2. The maximum absolute atomic E-state index is 12.8. The fraction of sp³-hybridized carbons (Fsp3) is 0.350. The molecule has 0 saturated heterocycles. The summed E-state index contributed by atoms with van der Waals surface area (Å²) in [5.41, 5.74) is 1.06. The molecule has 2 aromatic rings. The van der Waals surface area contributed by atoms with Gasteiger partial charge in [0.1, 0.15) is 6.61 Å². The zero-order valence-electron chi connectivity index (χ0n) is 14.1. The molecule has 2 aromatic carbocycles. The molecule has 24 heavy (non-hydrogen) atoms. The predicted molar refractivity (Wildman–Crippen MR) is 93.5 cm³/mol. The maximum atomic E-state index is 12.8. The van der Waals surface area contributed by atoms with E-state index in [1.54, 1.807) is 4.90 Å². The van der Waals surface area contributed by atoms with Gasteiger partial charge in [-0.3, -0.25) is 4.79 Å². The van der Waals surface area contributed by atoms with E-state index in [4.69, 9.17) is 9.47 Å². The highest BCUT2D eigenvalue weighted by Gasteiger charge is 2.27. The van der Waals surface area contributed by atoms with Crippen LogP contribution >= 0.6 is 0 Å². The number of carbonyl (C=O) groups excluding carboxylic acids is 1. The topological polar surface area (TPSA) is 38.8 Å². The highest BCUT2D eigenvalue weighted by Crippen LogP contribution is 2.31. The number of fused-ring (bicyclic) bond motifs is 1. The Hall–Kier alpha value is -2.49. The fourth-order valence-corrected chi connectivity index (χ4v) is 3.05. The van der Waals surface area contributed by atoms with Gasteiger partial charge in [-0.1, -0.05) is 49.4 Å². The van der Waals surface area contributed by atoms with Crippen LogP contribution in [0.25, 0.3) is 0 Å². The minimum atomic E-state index is -0.151. The van der Waals surface area contributed by atoms with Crippen molar-refractivity contribution in [2.75, 3.05) is 20.2 Å². The molecule has 2 atom stereocenters. The SMILES string of the molecule is CC[C@H](C(=O)N(C)C[C@@H]1COc2ccccc2O1)c1ccccc1. The normalized spacial score (nSPS) is 17.2. The van der Waals surface area contributed by atoms with Gasteiger partial charge in [-0.05, 0) is 24.1 Å². The van der Waals surface area contributed by atoms with Crippen LogP contribution in [0.3, 0.4) is 0 Å². The van der Waals surface area contributed by atoms with Crippen molar-refractivity contribution in [3.05, 3.63) is 60.2 Å². The molecular weight excluding hydrogens is 302 g/mol. The molecule has 0 radical (unpaired) electrons. The number of nitrogens with zero attached hydrogens (tertiary/aromatic N) is 1. The zero-order chi connectivity index (χ0) is 16.9. The van der Waals surface area contributed by atoms with E-state index in [9.17, 15) is 4.79 Å². The zero-order valence-corrected chi connectivity index (χ0v) is 14.1. The third-order valence-corrected chi connectivity index (χ3v) is 4.33. The molecular formula is C20H23NO3. The molecule has 0 unspecified atom stereocenters. The average molecular weight is 325 g/mol. The van der Waals surface area contributed by atoms with E-state index in [0.29, 0.717) is 13.2 Å². The molecule has 0 fully saturated rings. The van der Waals surface area contributed by atoms with Crippen molar-refractivity contribution in [2.24, 2.45) is 0 Å². The van der Waals surface area contributed by atoms with Gasteiger partial charge >= 0.3 is 0 Å². The fourth-order valence-electron chi connectivity index (χ4n) is 3.05. The third kappa shape index (κ3) is 3.53. The lowest BCUT2D eigenvalue weighted by atomic mass is 9.95. The van der Waals surface area contributed by atoms with Gasteiger partial charge in [-0.15, -0.1) is 0 Å². The largest absolute Gasteiger partial charge is 0.486 e. The minimum absolute atomic E-state index is 0.117. The molecule has 4 heteroatoms. The Kier molecular flexibility index (Phi) is 5.04. The Morgan fingerprint density at radius 2 is 1.79 bits per heavy atom. The van der Waals surface area contributed by atoms with Gasteiger partial charge in [0.25, 0.3) is 0 Å². The van der Waals surface area contributed by atoms with Crippen molar-refractivity contribution in [3.8, 4) is 11.5 Å². The van der Waals surface area contributed by atoms with Gasteiger partial charge in [0, 0.05) is 7.05 Å². The Balaban J connectivity index is 1.64. The summed E-state index contributed by atoms with van der Waals surface area (Å²) in [5, 5.41) is 0. The number of carbonyl (C=O) groups is 1. The number of para-hydroxylation sites is 2. The van der Waals surface area contributed by atoms with Gasteiger partial charge in [0.05, 0.1) is 12.5 Å². The summed E-state index contributed by atoms with van der Waals surface area (Å²) in [7, 11) is 1.83. The maximum Gasteiger partial charge on any atom is 0.229 e. The van der Waals surface area contributed by atoms with E-state index < -0.39 is 0 Å². The molecule has 0 N–H and O–H groups in total. The van der Waals surface area contributed by atoms with Crippen molar-refractivity contribution in [2.45, 2.75) is 25.4 Å². The Morgan fingerprint density at radius 3 is 2.50 bits per heavy atom. The first kappa shape index (κ1) is 16.4. The van der Waals surface area contributed by atoms with Crippen LogP contribution in [0.1, 0.15) is 24.8 Å². The lowest BCUT2D eigenvalue weighted by molar-refractivity contribution is -0.133. The first-order chi connectivity index (χ1) is 11.7. The van der Waals surface area contributed by atoms with E-state index >= 15 is 0 Å². The van der Waals surface area contributed by atoms with Crippen LogP contribution < -0.4 is 9.47 Å². The predicted octanol–water partition coefficient (Wildman–Crippen LogP) is 3.48. The molecule has 1 amide bonds. The number of hydrogen-bond donors (Lipinski definition) is 0. The van der Waals surface area contributed by atoms with Gasteiger partial charge in [0.2, 0.25) is 5.91 Å². The van der Waals surface area contributed by atoms with Crippen molar-refractivity contribution >= 4 is 5.91 Å².